The lowest BCUT2D eigenvalue weighted by Gasteiger charge is -2.00. The van der Waals surface area contributed by atoms with Gasteiger partial charge in [-0.2, -0.15) is 0 Å². The van der Waals surface area contributed by atoms with E-state index in [1.165, 1.54) is 0 Å². The molecule has 13 heavy (non-hydrogen) atoms. The summed E-state index contributed by atoms with van der Waals surface area (Å²) >= 11 is 0. The van der Waals surface area contributed by atoms with Crippen molar-refractivity contribution in [1.29, 1.82) is 0 Å². The quantitative estimate of drug-likeness (QED) is 0.258. The highest BCUT2D eigenvalue weighted by molar-refractivity contribution is 5.88. The van der Waals surface area contributed by atoms with Gasteiger partial charge in [0.1, 0.15) is 0 Å². The van der Waals surface area contributed by atoms with Gasteiger partial charge in [-0.15, -0.1) is 12.8 Å². The van der Waals surface area contributed by atoms with Crippen LogP contribution < -0.4 is 0 Å². The zero-order valence-electron chi connectivity index (χ0n) is 6.91. The van der Waals surface area contributed by atoms with Gasteiger partial charge in [0.25, 0.3) is 0 Å². The van der Waals surface area contributed by atoms with Gasteiger partial charge >= 0.3 is 11.9 Å². The molecule has 4 heteroatoms. The molecule has 0 heterocycles. The SMILES string of the molecule is C#CC(=O)OCCCOC(=O)C#C. The van der Waals surface area contributed by atoms with Crippen molar-refractivity contribution >= 4 is 11.9 Å². The van der Waals surface area contributed by atoms with Gasteiger partial charge in [-0.1, -0.05) is 0 Å². The van der Waals surface area contributed by atoms with Crippen molar-refractivity contribution in [2.24, 2.45) is 0 Å². The smallest absolute Gasteiger partial charge is 0.384 e. The van der Waals surface area contributed by atoms with Crippen LogP contribution in [-0.4, -0.2) is 25.2 Å². The summed E-state index contributed by atoms with van der Waals surface area (Å²) in [5, 5.41) is 0. The fourth-order valence-electron chi connectivity index (χ4n) is 0.472. The maximum absolute atomic E-state index is 10.4. The third kappa shape index (κ3) is 6.46. The minimum atomic E-state index is -0.733. The molecule has 68 valence electrons. The summed E-state index contributed by atoms with van der Waals surface area (Å²) in [6.45, 7) is 0.224. The molecule has 0 N–H and O–H groups in total. The van der Waals surface area contributed by atoms with Crippen LogP contribution in [0.2, 0.25) is 0 Å². The fourth-order valence-corrected chi connectivity index (χ4v) is 0.472. The third-order valence-electron chi connectivity index (χ3n) is 0.991. The Morgan fingerprint density at radius 3 is 1.69 bits per heavy atom. The minimum Gasteiger partial charge on any atom is -0.456 e. The Bertz CT molecular complexity index is 238. The van der Waals surface area contributed by atoms with Crippen molar-refractivity contribution in [2.75, 3.05) is 13.2 Å². The van der Waals surface area contributed by atoms with E-state index in [1.807, 2.05) is 0 Å². The van der Waals surface area contributed by atoms with E-state index in [0.717, 1.165) is 0 Å². The molecule has 0 aromatic carbocycles. The zero-order chi connectivity index (χ0) is 10.1. The summed E-state index contributed by atoms with van der Waals surface area (Å²) in [5.74, 6) is 2.08. The molecule has 0 bridgehead atoms. The van der Waals surface area contributed by atoms with Crippen molar-refractivity contribution < 1.29 is 19.1 Å². The molecule has 0 aliphatic rings. The van der Waals surface area contributed by atoms with Gasteiger partial charge in [0.15, 0.2) is 0 Å². The number of terminal acetylenes is 2. The number of hydrogen-bond acceptors (Lipinski definition) is 4. The van der Waals surface area contributed by atoms with Crippen LogP contribution in [0, 0.1) is 24.7 Å². The van der Waals surface area contributed by atoms with Gasteiger partial charge in [-0.25, -0.2) is 9.59 Å². The maximum Gasteiger partial charge on any atom is 0.384 e. The van der Waals surface area contributed by atoms with Crippen LogP contribution in [0.15, 0.2) is 0 Å². The maximum atomic E-state index is 10.4. The summed E-state index contributed by atoms with van der Waals surface area (Å²) in [5.41, 5.74) is 0. The molecule has 0 radical (unpaired) electrons. The molecule has 0 rings (SSSR count). The molecule has 0 saturated carbocycles. The van der Waals surface area contributed by atoms with Crippen molar-refractivity contribution in [3.05, 3.63) is 0 Å². The lowest BCUT2D eigenvalue weighted by molar-refractivity contribution is -0.139. The van der Waals surface area contributed by atoms with Crippen molar-refractivity contribution in [1.82, 2.24) is 0 Å². The minimum absolute atomic E-state index is 0.112. The number of esters is 2. The average molecular weight is 180 g/mol. The Morgan fingerprint density at radius 2 is 1.38 bits per heavy atom. The van der Waals surface area contributed by atoms with Crippen LogP contribution in [0.4, 0.5) is 0 Å². The van der Waals surface area contributed by atoms with E-state index in [0.29, 0.717) is 6.42 Å². The fraction of sp³-hybridized carbons (Fsp3) is 0.333. The molecular formula is C9H8O4. The normalized spacial score (nSPS) is 7.85. The van der Waals surface area contributed by atoms with Gasteiger partial charge in [0.05, 0.1) is 13.2 Å². The van der Waals surface area contributed by atoms with E-state index in [9.17, 15) is 9.59 Å². The van der Waals surface area contributed by atoms with E-state index in [2.05, 4.69) is 9.47 Å². The van der Waals surface area contributed by atoms with E-state index in [1.54, 1.807) is 11.8 Å². The largest absolute Gasteiger partial charge is 0.456 e. The molecule has 0 aliphatic carbocycles. The van der Waals surface area contributed by atoms with Crippen LogP contribution in [0.25, 0.3) is 0 Å². The summed E-state index contributed by atoms with van der Waals surface area (Å²) in [6.07, 6.45) is 9.82. The highest BCUT2D eigenvalue weighted by Gasteiger charge is 1.98. The molecule has 0 saturated heterocycles. The monoisotopic (exact) mass is 180 g/mol. The van der Waals surface area contributed by atoms with Gasteiger partial charge in [0.2, 0.25) is 0 Å². The van der Waals surface area contributed by atoms with Crippen LogP contribution in [-0.2, 0) is 19.1 Å². The molecule has 0 aromatic heterocycles. The molecule has 4 nitrogen and oxygen atoms in total. The summed E-state index contributed by atoms with van der Waals surface area (Å²) < 4.78 is 8.98. The third-order valence-corrected chi connectivity index (χ3v) is 0.991. The Morgan fingerprint density at radius 1 is 1.00 bits per heavy atom. The first-order valence-corrected chi connectivity index (χ1v) is 3.47. The molecule has 0 fully saturated rings. The van der Waals surface area contributed by atoms with E-state index < -0.39 is 11.9 Å². The van der Waals surface area contributed by atoms with Crippen molar-refractivity contribution in [3.8, 4) is 24.7 Å². The summed E-state index contributed by atoms with van der Waals surface area (Å²) in [4.78, 5) is 20.7. The van der Waals surface area contributed by atoms with Gasteiger partial charge in [-0.05, 0) is 0 Å². The Labute approximate surface area is 76.2 Å². The molecule has 0 aromatic rings. The van der Waals surface area contributed by atoms with Crippen LogP contribution >= 0.6 is 0 Å². The highest BCUT2D eigenvalue weighted by atomic mass is 16.5. The predicted molar refractivity (Wildman–Crippen MR) is 44.2 cm³/mol. The standard InChI is InChI=1S/C9H8O4/c1-3-8(10)12-6-5-7-13-9(11)4-2/h1-2H,5-7H2. The van der Waals surface area contributed by atoms with E-state index in [-0.39, 0.29) is 13.2 Å². The summed E-state index contributed by atoms with van der Waals surface area (Å²) in [6, 6.07) is 0. The molecule has 0 aliphatic heterocycles. The van der Waals surface area contributed by atoms with E-state index >= 15 is 0 Å². The second kappa shape index (κ2) is 6.75. The first-order valence-electron chi connectivity index (χ1n) is 3.47. The first-order chi connectivity index (χ1) is 6.20. The Kier molecular flexibility index (Phi) is 5.74. The Balaban J connectivity index is 3.29. The number of hydrogen-bond donors (Lipinski definition) is 0. The highest BCUT2D eigenvalue weighted by Crippen LogP contribution is 1.86. The molecular weight excluding hydrogens is 172 g/mol. The zero-order valence-corrected chi connectivity index (χ0v) is 6.91. The number of carbonyl (C=O) groups is 2. The molecule has 0 spiro atoms. The number of rotatable bonds is 4. The number of carbonyl (C=O) groups excluding carboxylic acids is 2. The average Bonchev–Trinajstić information content (AvgIpc) is 2.16. The first kappa shape index (κ1) is 11.1. The molecule has 0 amide bonds. The van der Waals surface area contributed by atoms with Crippen molar-refractivity contribution in [3.63, 3.8) is 0 Å². The van der Waals surface area contributed by atoms with Crippen LogP contribution in [0.1, 0.15) is 6.42 Å². The van der Waals surface area contributed by atoms with Crippen LogP contribution in [0.5, 0.6) is 0 Å². The topological polar surface area (TPSA) is 52.6 Å². The van der Waals surface area contributed by atoms with Gasteiger partial charge in [-0.3, -0.25) is 0 Å². The van der Waals surface area contributed by atoms with Gasteiger partial charge in [0, 0.05) is 18.3 Å². The van der Waals surface area contributed by atoms with Crippen LogP contribution in [0.3, 0.4) is 0 Å². The lowest BCUT2D eigenvalue weighted by atomic mass is 10.5. The second-order valence-electron chi connectivity index (χ2n) is 1.91. The second-order valence-corrected chi connectivity index (χ2v) is 1.91. The van der Waals surface area contributed by atoms with Gasteiger partial charge < -0.3 is 9.47 Å². The summed E-state index contributed by atoms with van der Waals surface area (Å²) in [7, 11) is 0. The molecule has 0 atom stereocenters. The molecule has 0 unspecified atom stereocenters. The number of ether oxygens (including phenoxy) is 2. The van der Waals surface area contributed by atoms with E-state index in [4.69, 9.17) is 12.8 Å². The lowest BCUT2D eigenvalue weighted by Crippen LogP contribution is -2.08. The predicted octanol–water partition coefficient (Wildman–Crippen LogP) is -0.271. The van der Waals surface area contributed by atoms with Crippen molar-refractivity contribution in [2.45, 2.75) is 6.42 Å². The Hall–Kier alpha value is -1.94.